The lowest BCUT2D eigenvalue weighted by Crippen LogP contribution is -2.39. The van der Waals surface area contributed by atoms with Gasteiger partial charge in [0.15, 0.2) is 0 Å². The maximum Gasteiger partial charge on any atom is 0.438 e. The summed E-state index contributed by atoms with van der Waals surface area (Å²) >= 11 is 0. The van der Waals surface area contributed by atoms with Gasteiger partial charge in [0.05, 0.1) is 69.3 Å². The SMILES string of the molecule is CCOC(=O)P(=O)(OCCCS(=O)(=O)CCCCCCCCCCCCC1(C)COC1)OCCCS(=O)(=O)CCCCCCCCCCCCC1(C)COC1. The summed E-state index contributed by atoms with van der Waals surface area (Å²) in [6.07, 6.45) is 25.0. The molecule has 14 heteroatoms. The quantitative estimate of drug-likeness (QED) is 0.0432. The highest BCUT2D eigenvalue weighted by atomic mass is 32.2. The number of carbonyl (C=O) groups excluding carboxylic acids is 1. The number of hydrogen-bond acceptors (Lipinski definition) is 11. The van der Waals surface area contributed by atoms with Gasteiger partial charge in [0.1, 0.15) is 19.7 Å². The Morgan fingerprint density at radius 1 is 0.509 bits per heavy atom. The Morgan fingerprint density at radius 2 is 0.800 bits per heavy atom. The van der Waals surface area contributed by atoms with Gasteiger partial charge in [-0.3, -0.25) is 0 Å². The molecule has 55 heavy (non-hydrogen) atoms. The molecule has 2 aliphatic rings. The van der Waals surface area contributed by atoms with Gasteiger partial charge in [-0.05, 0) is 45.4 Å². The molecule has 0 aromatic rings. The average Bonchev–Trinajstić information content (AvgIpc) is 3.11. The normalized spacial score (nSPS) is 16.8. The summed E-state index contributed by atoms with van der Waals surface area (Å²) in [5.41, 5.74) is -0.309. The summed E-state index contributed by atoms with van der Waals surface area (Å²) in [6, 6.07) is 0. The van der Waals surface area contributed by atoms with Gasteiger partial charge in [-0.1, -0.05) is 129 Å². The van der Waals surface area contributed by atoms with Crippen molar-refractivity contribution in [2.24, 2.45) is 10.8 Å². The van der Waals surface area contributed by atoms with Crippen molar-refractivity contribution in [2.45, 2.75) is 175 Å². The summed E-state index contributed by atoms with van der Waals surface area (Å²) in [5, 5.41) is 0. The minimum atomic E-state index is -4.36. The van der Waals surface area contributed by atoms with E-state index >= 15 is 0 Å². The van der Waals surface area contributed by atoms with Gasteiger partial charge >= 0.3 is 13.3 Å². The van der Waals surface area contributed by atoms with Crippen LogP contribution in [-0.4, -0.2) is 91.8 Å². The van der Waals surface area contributed by atoms with Crippen molar-refractivity contribution in [2.75, 3.05) is 69.3 Å². The zero-order valence-electron chi connectivity index (χ0n) is 35.0. The molecule has 0 radical (unpaired) electrons. The lowest BCUT2D eigenvalue weighted by atomic mass is 9.83. The molecular formula is C41H79O11PS2. The molecule has 0 saturated carbocycles. The standard InChI is InChI=1S/C41H79O11PS2/c1-4-50-39(42)53(43,51-29-25-33-54(44,45)31-23-19-15-11-7-5-9-13-17-21-27-40(2)35-48-36-40)52-30-26-34-55(46,47)32-24-20-16-12-8-6-10-14-18-22-28-41(3)37-49-38-41/h4-38H2,1-3H3. The highest BCUT2D eigenvalue weighted by Crippen LogP contribution is 2.50. The number of ether oxygens (including phenoxy) is 3. The Kier molecular flexibility index (Phi) is 25.8. The molecule has 0 spiro atoms. The molecule has 2 fully saturated rings. The van der Waals surface area contributed by atoms with Crippen LogP contribution in [0.2, 0.25) is 0 Å². The van der Waals surface area contributed by atoms with Crippen LogP contribution in [0.5, 0.6) is 0 Å². The van der Waals surface area contributed by atoms with Crippen molar-refractivity contribution in [1.29, 1.82) is 0 Å². The van der Waals surface area contributed by atoms with Gasteiger partial charge in [-0.25, -0.2) is 26.2 Å². The second kappa shape index (κ2) is 28.0. The fourth-order valence-electron chi connectivity index (χ4n) is 7.24. The molecule has 2 aliphatic heterocycles. The second-order valence-corrected chi connectivity index (χ2v) is 23.5. The molecule has 0 aromatic carbocycles. The first-order valence-corrected chi connectivity index (χ1v) is 27.0. The zero-order valence-corrected chi connectivity index (χ0v) is 37.5. The second-order valence-electron chi connectivity index (χ2n) is 17.1. The maximum atomic E-state index is 13.2. The molecule has 326 valence electrons. The summed E-state index contributed by atoms with van der Waals surface area (Å²) in [4.78, 5) is 12.4. The molecule has 0 unspecified atom stereocenters. The molecule has 2 heterocycles. The monoisotopic (exact) mass is 842 g/mol. The third-order valence-electron chi connectivity index (χ3n) is 11.0. The summed E-state index contributed by atoms with van der Waals surface area (Å²) < 4.78 is 89.5. The zero-order chi connectivity index (χ0) is 40.4. The summed E-state index contributed by atoms with van der Waals surface area (Å²) in [7, 11) is -11.0. The molecule has 0 aliphatic carbocycles. The van der Waals surface area contributed by atoms with Crippen molar-refractivity contribution in [3.63, 3.8) is 0 Å². The fraction of sp³-hybridized carbons (Fsp3) is 0.976. The van der Waals surface area contributed by atoms with Crippen LogP contribution in [0.15, 0.2) is 0 Å². The summed E-state index contributed by atoms with van der Waals surface area (Å²) in [5.74, 6) is -0.101. The lowest BCUT2D eigenvalue weighted by Gasteiger charge is -2.38. The Balaban J connectivity index is 1.47. The predicted octanol–water partition coefficient (Wildman–Crippen LogP) is 10.6. The van der Waals surface area contributed by atoms with Crippen LogP contribution in [0.3, 0.4) is 0 Å². The third kappa shape index (κ3) is 24.2. The van der Waals surface area contributed by atoms with Crippen molar-refractivity contribution < 1.29 is 49.5 Å². The van der Waals surface area contributed by atoms with Crippen LogP contribution in [0.4, 0.5) is 4.79 Å². The molecule has 0 amide bonds. The van der Waals surface area contributed by atoms with E-state index in [2.05, 4.69) is 13.8 Å². The van der Waals surface area contributed by atoms with Gasteiger partial charge < -0.3 is 23.3 Å². The van der Waals surface area contributed by atoms with Gasteiger partial charge in [0, 0.05) is 10.8 Å². The molecule has 2 rings (SSSR count). The van der Waals surface area contributed by atoms with Crippen LogP contribution >= 0.6 is 7.60 Å². The first-order chi connectivity index (χ1) is 26.2. The molecular weight excluding hydrogens is 764 g/mol. The Hall–Kier alpha value is -0.560. The van der Waals surface area contributed by atoms with Gasteiger partial charge in [-0.2, -0.15) is 0 Å². The highest BCUT2D eigenvalue weighted by molar-refractivity contribution is 7.91. The van der Waals surface area contributed by atoms with Crippen molar-refractivity contribution in [3.05, 3.63) is 0 Å². The number of rotatable bonds is 38. The van der Waals surface area contributed by atoms with Gasteiger partial charge in [0.2, 0.25) is 0 Å². The van der Waals surface area contributed by atoms with E-state index in [-0.39, 0.29) is 55.7 Å². The number of unbranched alkanes of at least 4 members (excludes halogenated alkanes) is 18. The van der Waals surface area contributed by atoms with Crippen molar-refractivity contribution in [3.8, 4) is 0 Å². The van der Waals surface area contributed by atoms with E-state index < -0.39 is 33.0 Å². The Bertz CT molecular complexity index is 1190. The van der Waals surface area contributed by atoms with Crippen LogP contribution in [0.1, 0.15) is 175 Å². The number of hydrogen-bond donors (Lipinski definition) is 0. The smallest absolute Gasteiger partial charge is 0.438 e. The van der Waals surface area contributed by atoms with Crippen molar-refractivity contribution >= 4 is 33.0 Å². The highest BCUT2D eigenvalue weighted by Gasteiger charge is 2.37. The Morgan fingerprint density at radius 3 is 1.09 bits per heavy atom. The maximum absolute atomic E-state index is 13.2. The van der Waals surface area contributed by atoms with E-state index in [4.69, 9.17) is 23.3 Å². The number of carbonyl (C=O) groups is 1. The van der Waals surface area contributed by atoms with Crippen LogP contribution in [0.25, 0.3) is 0 Å². The third-order valence-corrected chi connectivity index (χ3v) is 16.3. The first kappa shape index (κ1) is 50.6. The Labute approximate surface area is 336 Å². The fourth-order valence-corrected chi connectivity index (χ4v) is 11.4. The topological polar surface area (TPSA) is 149 Å². The van der Waals surface area contributed by atoms with E-state index in [0.717, 1.165) is 65.0 Å². The van der Waals surface area contributed by atoms with Gasteiger partial charge in [-0.15, -0.1) is 0 Å². The molecule has 11 nitrogen and oxygen atoms in total. The van der Waals surface area contributed by atoms with Crippen molar-refractivity contribution in [1.82, 2.24) is 0 Å². The van der Waals surface area contributed by atoms with E-state index in [1.165, 1.54) is 89.9 Å². The minimum absolute atomic E-state index is 0.0373. The largest absolute Gasteiger partial charge is 0.457 e. The van der Waals surface area contributed by atoms with Crippen LogP contribution in [-0.2, 0) is 47.5 Å². The molecule has 0 N–H and O–H groups in total. The van der Waals surface area contributed by atoms with E-state index in [1.807, 2.05) is 0 Å². The van der Waals surface area contributed by atoms with Gasteiger partial charge in [0.25, 0.3) is 0 Å². The first-order valence-electron chi connectivity index (χ1n) is 21.9. The van der Waals surface area contributed by atoms with Crippen LogP contribution < -0.4 is 0 Å². The number of sulfone groups is 2. The predicted molar refractivity (Wildman–Crippen MR) is 223 cm³/mol. The molecule has 0 bridgehead atoms. The van der Waals surface area contributed by atoms with Crippen LogP contribution in [0, 0.1) is 10.8 Å². The van der Waals surface area contributed by atoms with E-state index in [0.29, 0.717) is 23.7 Å². The molecule has 2 saturated heterocycles. The summed E-state index contributed by atoms with van der Waals surface area (Å²) in [6.45, 7) is 9.28. The molecule has 0 atom stereocenters. The van der Waals surface area contributed by atoms with E-state index in [1.54, 1.807) is 6.92 Å². The lowest BCUT2D eigenvalue weighted by molar-refractivity contribution is -0.106. The molecule has 0 aromatic heterocycles. The minimum Gasteiger partial charge on any atom is -0.457 e. The average molecular weight is 843 g/mol. The van der Waals surface area contributed by atoms with E-state index in [9.17, 15) is 26.2 Å².